The number of aryl methyl sites for hydroxylation is 1. The van der Waals surface area contributed by atoms with Gasteiger partial charge in [0.05, 0.1) is 35.2 Å². The molecule has 0 saturated carbocycles. The summed E-state index contributed by atoms with van der Waals surface area (Å²) in [6.07, 6.45) is 1.33. The lowest BCUT2D eigenvalue weighted by atomic mass is 9.90. The van der Waals surface area contributed by atoms with Crippen molar-refractivity contribution < 1.29 is 18.0 Å². The summed E-state index contributed by atoms with van der Waals surface area (Å²) >= 11 is 0. The molecule has 1 fully saturated rings. The van der Waals surface area contributed by atoms with Crippen LogP contribution < -0.4 is 5.32 Å². The van der Waals surface area contributed by atoms with E-state index in [1.54, 1.807) is 18.5 Å². The fourth-order valence-electron chi connectivity index (χ4n) is 4.17. The number of carbonyl (C=O) groups excluding carboxylic acids is 1. The zero-order chi connectivity index (χ0) is 23.6. The number of likely N-dealkylation sites (tertiary alicyclic amines) is 1. The quantitative estimate of drug-likeness (QED) is 0.616. The van der Waals surface area contributed by atoms with Gasteiger partial charge in [-0.1, -0.05) is 13.0 Å². The Morgan fingerprint density at radius 3 is 2.61 bits per heavy atom. The molecule has 2 unspecified atom stereocenters. The number of rotatable bonds is 5. The minimum atomic E-state index is -4.43. The van der Waals surface area contributed by atoms with Crippen molar-refractivity contribution in [2.75, 3.05) is 18.4 Å². The number of piperidine rings is 1. The van der Waals surface area contributed by atoms with Gasteiger partial charge in [0.15, 0.2) is 0 Å². The van der Waals surface area contributed by atoms with E-state index in [9.17, 15) is 18.0 Å². The SMILES string of the molecule is Cc1ccc(C(=O)N2CCCC(C)C2CNc2ccc(C(F)(F)F)cn2)c(-n2nccn2)c1. The largest absolute Gasteiger partial charge is 0.417 e. The van der Waals surface area contributed by atoms with E-state index in [2.05, 4.69) is 27.4 Å². The Balaban J connectivity index is 1.55. The van der Waals surface area contributed by atoms with Crippen molar-refractivity contribution >= 4 is 11.7 Å². The number of carbonyl (C=O) groups is 1. The van der Waals surface area contributed by atoms with Gasteiger partial charge in [-0.3, -0.25) is 4.79 Å². The number of nitrogens with zero attached hydrogens (tertiary/aromatic N) is 5. The Labute approximate surface area is 189 Å². The van der Waals surface area contributed by atoms with Crippen molar-refractivity contribution in [1.29, 1.82) is 0 Å². The fraction of sp³-hybridized carbons (Fsp3) is 0.391. The molecule has 33 heavy (non-hydrogen) atoms. The molecule has 0 radical (unpaired) electrons. The van der Waals surface area contributed by atoms with Gasteiger partial charge in [0.25, 0.3) is 5.91 Å². The van der Waals surface area contributed by atoms with E-state index < -0.39 is 11.7 Å². The Kier molecular flexibility index (Phi) is 6.35. The Morgan fingerprint density at radius 2 is 1.94 bits per heavy atom. The summed E-state index contributed by atoms with van der Waals surface area (Å²) < 4.78 is 38.4. The van der Waals surface area contributed by atoms with Crippen molar-refractivity contribution in [2.24, 2.45) is 5.92 Å². The van der Waals surface area contributed by atoms with Crippen LogP contribution >= 0.6 is 0 Å². The first-order valence-electron chi connectivity index (χ1n) is 10.8. The zero-order valence-corrected chi connectivity index (χ0v) is 18.4. The lowest BCUT2D eigenvalue weighted by Gasteiger charge is -2.40. The topological polar surface area (TPSA) is 75.9 Å². The standard InChI is InChI=1S/C23H25F3N6O/c1-15-5-7-18(19(12-15)32-29-9-10-30-32)22(33)31-11-3-4-16(2)20(31)14-28-21-8-6-17(13-27-21)23(24,25)26/h5-10,12-13,16,20H,3-4,11,14H2,1-2H3,(H,27,28). The van der Waals surface area contributed by atoms with E-state index in [1.165, 1.54) is 10.9 Å². The second-order valence-electron chi connectivity index (χ2n) is 8.34. The van der Waals surface area contributed by atoms with Gasteiger partial charge in [0.2, 0.25) is 0 Å². The van der Waals surface area contributed by atoms with Crippen molar-refractivity contribution in [3.05, 3.63) is 65.6 Å². The normalized spacial score (nSPS) is 18.9. The van der Waals surface area contributed by atoms with E-state index >= 15 is 0 Å². The maximum Gasteiger partial charge on any atom is 0.417 e. The summed E-state index contributed by atoms with van der Waals surface area (Å²) in [4.78, 5) is 20.8. The molecule has 10 heteroatoms. The summed E-state index contributed by atoms with van der Waals surface area (Å²) in [6.45, 7) is 4.99. The van der Waals surface area contributed by atoms with Gasteiger partial charge >= 0.3 is 6.18 Å². The van der Waals surface area contributed by atoms with Gasteiger partial charge < -0.3 is 10.2 Å². The van der Waals surface area contributed by atoms with Crippen LogP contribution in [0, 0.1) is 12.8 Å². The summed E-state index contributed by atoms with van der Waals surface area (Å²) in [5, 5.41) is 11.5. The van der Waals surface area contributed by atoms with Gasteiger partial charge in [-0.2, -0.15) is 28.2 Å². The highest BCUT2D eigenvalue weighted by Gasteiger charge is 2.34. The smallest absolute Gasteiger partial charge is 0.368 e. The molecule has 174 valence electrons. The molecule has 2 aromatic heterocycles. The third-order valence-electron chi connectivity index (χ3n) is 5.98. The molecular weight excluding hydrogens is 433 g/mol. The van der Waals surface area contributed by atoms with Crippen LogP contribution in [0.4, 0.5) is 19.0 Å². The van der Waals surface area contributed by atoms with Crippen molar-refractivity contribution in [3.8, 4) is 5.69 Å². The van der Waals surface area contributed by atoms with Crippen molar-refractivity contribution in [3.63, 3.8) is 0 Å². The van der Waals surface area contributed by atoms with E-state index in [4.69, 9.17) is 0 Å². The minimum Gasteiger partial charge on any atom is -0.368 e. The average Bonchev–Trinajstić information content (AvgIpc) is 3.32. The predicted molar refractivity (Wildman–Crippen MR) is 117 cm³/mol. The number of hydrogen-bond donors (Lipinski definition) is 1. The van der Waals surface area contributed by atoms with Gasteiger partial charge in [0, 0.05) is 19.3 Å². The number of aromatic nitrogens is 4. The first-order valence-corrected chi connectivity index (χ1v) is 10.8. The maximum atomic E-state index is 13.6. The Bertz CT molecular complexity index is 1100. The van der Waals surface area contributed by atoms with Crippen LogP contribution in [0.3, 0.4) is 0 Å². The van der Waals surface area contributed by atoms with Crippen LogP contribution in [0.2, 0.25) is 0 Å². The van der Waals surface area contributed by atoms with E-state index in [-0.39, 0.29) is 17.9 Å². The second-order valence-corrected chi connectivity index (χ2v) is 8.34. The molecule has 1 aliphatic heterocycles. The Hall–Kier alpha value is -3.43. The lowest BCUT2D eigenvalue weighted by Crippen LogP contribution is -2.51. The molecule has 4 rings (SSSR count). The van der Waals surface area contributed by atoms with E-state index in [0.29, 0.717) is 30.2 Å². The highest BCUT2D eigenvalue weighted by atomic mass is 19.4. The molecule has 1 aromatic carbocycles. The lowest BCUT2D eigenvalue weighted by molar-refractivity contribution is -0.137. The van der Waals surface area contributed by atoms with E-state index in [1.807, 2.05) is 24.0 Å². The molecule has 0 bridgehead atoms. The monoisotopic (exact) mass is 458 g/mol. The highest BCUT2D eigenvalue weighted by Crippen LogP contribution is 2.30. The van der Waals surface area contributed by atoms with Crippen LogP contribution in [0.25, 0.3) is 5.69 Å². The number of halogens is 3. The molecule has 3 aromatic rings. The first-order chi connectivity index (χ1) is 15.7. The van der Waals surface area contributed by atoms with E-state index in [0.717, 1.165) is 30.7 Å². The number of hydrogen-bond acceptors (Lipinski definition) is 5. The van der Waals surface area contributed by atoms with Crippen LogP contribution in [0.1, 0.15) is 41.3 Å². The minimum absolute atomic E-state index is 0.124. The molecule has 1 aliphatic rings. The van der Waals surface area contributed by atoms with Gasteiger partial charge in [-0.25, -0.2) is 4.98 Å². The molecule has 2 atom stereocenters. The Morgan fingerprint density at radius 1 is 1.18 bits per heavy atom. The van der Waals surface area contributed by atoms with Crippen LogP contribution in [-0.4, -0.2) is 49.9 Å². The second kappa shape index (κ2) is 9.21. The zero-order valence-electron chi connectivity index (χ0n) is 18.4. The van der Waals surface area contributed by atoms with Crippen LogP contribution in [-0.2, 0) is 6.18 Å². The summed E-state index contributed by atoms with van der Waals surface area (Å²) in [5.41, 5.74) is 1.30. The molecule has 1 amide bonds. The maximum absolute atomic E-state index is 13.6. The molecule has 0 spiro atoms. The van der Waals surface area contributed by atoms with Crippen LogP contribution in [0.15, 0.2) is 48.9 Å². The molecule has 3 heterocycles. The molecule has 1 N–H and O–H groups in total. The molecule has 7 nitrogen and oxygen atoms in total. The average molecular weight is 458 g/mol. The van der Waals surface area contributed by atoms with Crippen molar-refractivity contribution in [2.45, 2.75) is 38.9 Å². The van der Waals surface area contributed by atoms with Crippen molar-refractivity contribution in [1.82, 2.24) is 24.9 Å². The predicted octanol–water partition coefficient (Wildman–Crippen LogP) is 4.34. The number of alkyl halides is 3. The summed E-state index contributed by atoms with van der Waals surface area (Å²) in [6, 6.07) is 7.71. The van der Waals surface area contributed by atoms with Gasteiger partial charge in [-0.15, -0.1) is 0 Å². The number of nitrogens with one attached hydrogen (secondary N) is 1. The molecule has 0 aliphatic carbocycles. The molecular formula is C23H25F3N6O. The number of benzene rings is 1. The number of pyridine rings is 1. The van der Waals surface area contributed by atoms with Gasteiger partial charge in [-0.05, 0) is 55.5 Å². The summed E-state index contributed by atoms with van der Waals surface area (Å²) in [7, 11) is 0. The van der Waals surface area contributed by atoms with Crippen LogP contribution in [0.5, 0.6) is 0 Å². The third-order valence-corrected chi connectivity index (χ3v) is 5.98. The first kappa shape index (κ1) is 22.8. The summed E-state index contributed by atoms with van der Waals surface area (Å²) in [5.74, 6) is 0.423. The number of anilines is 1. The number of amides is 1. The third kappa shape index (κ3) is 4.99. The van der Waals surface area contributed by atoms with Gasteiger partial charge in [0.1, 0.15) is 5.82 Å². The fourth-order valence-corrected chi connectivity index (χ4v) is 4.17. The molecule has 1 saturated heterocycles. The highest BCUT2D eigenvalue weighted by molar-refractivity contribution is 5.98.